The first-order valence-electron chi connectivity index (χ1n) is 4.82. The molecule has 0 heterocycles. The van der Waals surface area contributed by atoms with Gasteiger partial charge in [0, 0.05) is 13.7 Å². The number of rotatable bonds is 6. The molecule has 78 valence electrons. The van der Waals surface area contributed by atoms with Gasteiger partial charge in [-0.3, -0.25) is 4.79 Å². The molecule has 0 saturated heterocycles. The zero-order valence-corrected chi connectivity index (χ0v) is 9.14. The summed E-state index contributed by atoms with van der Waals surface area (Å²) in [5.41, 5.74) is -0.414. The molecule has 0 aliphatic rings. The summed E-state index contributed by atoms with van der Waals surface area (Å²) >= 11 is 0. The predicted molar refractivity (Wildman–Crippen MR) is 53.6 cm³/mol. The smallest absolute Gasteiger partial charge is 0.227 e. The number of methoxy groups -OCH3 is 1. The van der Waals surface area contributed by atoms with Crippen LogP contribution in [0, 0.1) is 5.41 Å². The molecule has 3 nitrogen and oxygen atoms in total. The molecule has 1 amide bonds. The van der Waals surface area contributed by atoms with Crippen molar-refractivity contribution < 1.29 is 9.53 Å². The fraction of sp³-hybridized carbons (Fsp3) is 0.900. The second-order valence-electron chi connectivity index (χ2n) is 3.93. The molecule has 0 aromatic carbocycles. The Morgan fingerprint density at radius 1 is 1.46 bits per heavy atom. The number of amides is 1. The molecule has 0 aromatic heterocycles. The quantitative estimate of drug-likeness (QED) is 0.641. The fourth-order valence-electron chi connectivity index (χ4n) is 1.04. The molecule has 0 unspecified atom stereocenters. The first-order valence-corrected chi connectivity index (χ1v) is 4.82. The van der Waals surface area contributed by atoms with Gasteiger partial charge in [-0.2, -0.15) is 0 Å². The lowest BCUT2D eigenvalue weighted by Gasteiger charge is -2.22. The van der Waals surface area contributed by atoms with E-state index < -0.39 is 5.41 Å². The highest BCUT2D eigenvalue weighted by molar-refractivity contribution is 5.81. The average molecular weight is 187 g/mol. The second-order valence-corrected chi connectivity index (χ2v) is 3.93. The second kappa shape index (κ2) is 5.97. The van der Waals surface area contributed by atoms with Gasteiger partial charge in [-0.1, -0.05) is 13.3 Å². The largest absolute Gasteiger partial charge is 0.384 e. The van der Waals surface area contributed by atoms with Crippen molar-refractivity contribution in [1.29, 1.82) is 0 Å². The van der Waals surface area contributed by atoms with E-state index in [1.165, 1.54) is 0 Å². The SMILES string of the molecule is CCCCNC(=O)C(C)(C)COC. The maximum Gasteiger partial charge on any atom is 0.227 e. The highest BCUT2D eigenvalue weighted by Gasteiger charge is 2.26. The molecular weight excluding hydrogens is 166 g/mol. The third-order valence-corrected chi connectivity index (χ3v) is 1.94. The van der Waals surface area contributed by atoms with Crippen molar-refractivity contribution >= 4 is 5.91 Å². The summed E-state index contributed by atoms with van der Waals surface area (Å²) in [7, 11) is 1.61. The average Bonchev–Trinajstić information content (AvgIpc) is 2.04. The first kappa shape index (κ1) is 12.4. The molecule has 0 bridgehead atoms. The molecule has 0 aromatic rings. The molecule has 0 rings (SSSR count). The highest BCUT2D eigenvalue weighted by Crippen LogP contribution is 2.14. The standard InChI is InChI=1S/C10H21NO2/c1-5-6-7-11-9(12)10(2,3)8-13-4/h5-8H2,1-4H3,(H,11,12). The van der Waals surface area contributed by atoms with Crippen LogP contribution in [0.25, 0.3) is 0 Å². The van der Waals surface area contributed by atoms with E-state index in [2.05, 4.69) is 12.2 Å². The zero-order chi connectivity index (χ0) is 10.3. The Labute approximate surface area is 80.8 Å². The van der Waals surface area contributed by atoms with Gasteiger partial charge in [-0.25, -0.2) is 0 Å². The summed E-state index contributed by atoms with van der Waals surface area (Å²) in [5, 5.41) is 2.89. The van der Waals surface area contributed by atoms with Gasteiger partial charge >= 0.3 is 0 Å². The normalized spacial score (nSPS) is 11.4. The molecule has 0 aliphatic heterocycles. The van der Waals surface area contributed by atoms with E-state index in [0.717, 1.165) is 19.4 Å². The lowest BCUT2D eigenvalue weighted by molar-refractivity contribution is -0.131. The topological polar surface area (TPSA) is 38.3 Å². The van der Waals surface area contributed by atoms with E-state index in [0.29, 0.717) is 6.61 Å². The fourth-order valence-corrected chi connectivity index (χ4v) is 1.04. The van der Waals surface area contributed by atoms with Gasteiger partial charge in [-0.15, -0.1) is 0 Å². The summed E-state index contributed by atoms with van der Waals surface area (Å²) < 4.78 is 4.97. The number of hydrogen-bond donors (Lipinski definition) is 1. The van der Waals surface area contributed by atoms with Crippen LogP contribution in [0.5, 0.6) is 0 Å². The van der Waals surface area contributed by atoms with Crippen molar-refractivity contribution in [1.82, 2.24) is 5.32 Å². The minimum Gasteiger partial charge on any atom is -0.384 e. The maximum atomic E-state index is 11.5. The molecule has 0 aliphatic carbocycles. The Kier molecular flexibility index (Phi) is 5.71. The molecule has 0 fully saturated rings. The Morgan fingerprint density at radius 2 is 2.08 bits per heavy atom. The molecule has 3 heteroatoms. The number of unbranched alkanes of at least 4 members (excludes halogenated alkanes) is 1. The van der Waals surface area contributed by atoms with Gasteiger partial charge in [0.05, 0.1) is 12.0 Å². The van der Waals surface area contributed by atoms with Crippen molar-refractivity contribution in [2.75, 3.05) is 20.3 Å². The van der Waals surface area contributed by atoms with Gasteiger partial charge in [0.2, 0.25) is 5.91 Å². The van der Waals surface area contributed by atoms with Crippen LogP contribution < -0.4 is 5.32 Å². The number of nitrogens with one attached hydrogen (secondary N) is 1. The zero-order valence-electron chi connectivity index (χ0n) is 9.14. The summed E-state index contributed by atoms with van der Waals surface area (Å²) in [6, 6.07) is 0. The van der Waals surface area contributed by atoms with Gasteiger partial charge in [-0.05, 0) is 20.3 Å². The molecule has 1 N–H and O–H groups in total. The van der Waals surface area contributed by atoms with Crippen LogP contribution in [0.15, 0.2) is 0 Å². The predicted octanol–water partition coefficient (Wildman–Crippen LogP) is 1.58. The monoisotopic (exact) mass is 187 g/mol. The Balaban J connectivity index is 3.80. The third-order valence-electron chi connectivity index (χ3n) is 1.94. The molecular formula is C10H21NO2. The number of carbonyl (C=O) groups is 1. The highest BCUT2D eigenvalue weighted by atomic mass is 16.5. The van der Waals surface area contributed by atoms with Gasteiger partial charge < -0.3 is 10.1 Å². The Bertz CT molecular complexity index is 155. The molecule has 0 atom stereocenters. The lowest BCUT2D eigenvalue weighted by atomic mass is 9.93. The molecule has 0 radical (unpaired) electrons. The minimum atomic E-state index is -0.414. The summed E-state index contributed by atoms with van der Waals surface area (Å²) in [5.74, 6) is 0.0720. The van der Waals surface area contributed by atoms with E-state index in [1.807, 2.05) is 13.8 Å². The van der Waals surface area contributed by atoms with E-state index in [-0.39, 0.29) is 5.91 Å². The number of hydrogen-bond acceptors (Lipinski definition) is 2. The molecule has 13 heavy (non-hydrogen) atoms. The Hall–Kier alpha value is -0.570. The van der Waals surface area contributed by atoms with Gasteiger partial charge in [0.15, 0.2) is 0 Å². The third kappa shape index (κ3) is 4.88. The van der Waals surface area contributed by atoms with Crippen LogP contribution in [-0.2, 0) is 9.53 Å². The van der Waals surface area contributed by atoms with Crippen molar-refractivity contribution in [2.45, 2.75) is 33.6 Å². The summed E-state index contributed by atoms with van der Waals surface area (Å²) in [6.07, 6.45) is 2.14. The molecule has 0 saturated carbocycles. The van der Waals surface area contributed by atoms with E-state index in [4.69, 9.17) is 4.74 Å². The Morgan fingerprint density at radius 3 is 2.54 bits per heavy atom. The van der Waals surface area contributed by atoms with E-state index in [9.17, 15) is 4.79 Å². The van der Waals surface area contributed by atoms with Gasteiger partial charge in [0.1, 0.15) is 0 Å². The van der Waals surface area contributed by atoms with Crippen LogP contribution in [0.1, 0.15) is 33.6 Å². The minimum absolute atomic E-state index is 0.0720. The summed E-state index contributed by atoms with van der Waals surface area (Å²) in [4.78, 5) is 11.5. The van der Waals surface area contributed by atoms with Crippen LogP contribution in [0.2, 0.25) is 0 Å². The van der Waals surface area contributed by atoms with E-state index >= 15 is 0 Å². The van der Waals surface area contributed by atoms with Crippen LogP contribution in [0.4, 0.5) is 0 Å². The van der Waals surface area contributed by atoms with E-state index in [1.54, 1.807) is 7.11 Å². The summed E-state index contributed by atoms with van der Waals surface area (Å²) in [6.45, 7) is 7.11. The van der Waals surface area contributed by atoms with Crippen molar-refractivity contribution in [3.63, 3.8) is 0 Å². The van der Waals surface area contributed by atoms with Crippen molar-refractivity contribution in [3.05, 3.63) is 0 Å². The van der Waals surface area contributed by atoms with Gasteiger partial charge in [0.25, 0.3) is 0 Å². The van der Waals surface area contributed by atoms with Crippen molar-refractivity contribution in [2.24, 2.45) is 5.41 Å². The van der Waals surface area contributed by atoms with Crippen LogP contribution >= 0.6 is 0 Å². The number of ether oxygens (including phenoxy) is 1. The number of carbonyl (C=O) groups excluding carboxylic acids is 1. The van der Waals surface area contributed by atoms with Crippen LogP contribution in [0.3, 0.4) is 0 Å². The maximum absolute atomic E-state index is 11.5. The van der Waals surface area contributed by atoms with Crippen molar-refractivity contribution in [3.8, 4) is 0 Å². The lowest BCUT2D eigenvalue weighted by Crippen LogP contribution is -2.40. The first-order chi connectivity index (χ1) is 6.04. The molecule has 0 spiro atoms. The van der Waals surface area contributed by atoms with Crippen LogP contribution in [-0.4, -0.2) is 26.2 Å².